The first-order valence-electron chi connectivity index (χ1n) is 12.2. The summed E-state index contributed by atoms with van der Waals surface area (Å²) in [5.41, 5.74) is 0. The van der Waals surface area contributed by atoms with Gasteiger partial charge in [-0.15, -0.1) is 6.58 Å². The molecule has 0 aliphatic carbocycles. The highest BCUT2D eigenvalue weighted by molar-refractivity contribution is 5.79. The van der Waals surface area contributed by atoms with Gasteiger partial charge >= 0.3 is 11.9 Å². The molecule has 0 radical (unpaired) electrons. The fourth-order valence-electron chi connectivity index (χ4n) is 3.75. The molecule has 30 heavy (non-hydrogen) atoms. The minimum Gasteiger partial charge on any atom is -0.481 e. The van der Waals surface area contributed by atoms with Gasteiger partial charge in [0.1, 0.15) is 6.61 Å². The van der Waals surface area contributed by atoms with Crippen molar-refractivity contribution >= 4 is 11.9 Å². The highest BCUT2D eigenvalue weighted by atomic mass is 16.5. The van der Waals surface area contributed by atoms with E-state index in [0.29, 0.717) is 6.42 Å². The second-order valence-electron chi connectivity index (χ2n) is 8.38. The van der Waals surface area contributed by atoms with Crippen LogP contribution in [0.15, 0.2) is 25.3 Å². The lowest BCUT2D eigenvalue weighted by atomic mass is 9.97. The fraction of sp³-hybridized carbons (Fsp3) is 0.769. The van der Waals surface area contributed by atoms with E-state index in [2.05, 4.69) is 13.2 Å². The van der Waals surface area contributed by atoms with Gasteiger partial charge in [-0.1, -0.05) is 109 Å². The Kier molecular flexibility index (Phi) is 20.9. The molecular formula is C26H46O4. The molecule has 0 saturated heterocycles. The molecule has 0 amide bonds. The Morgan fingerprint density at radius 1 is 0.700 bits per heavy atom. The van der Waals surface area contributed by atoms with Gasteiger partial charge in [0, 0.05) is 0 Å². The molecule has 0 spiro atoms. The highest BCUT2D eigenvalue weighted by Gasteiger charge is 2.22. The van der Waals surface area contributed by atoms with Gasteiger partial charge in [0.05, 0.1) is 12.3 Å². The van der Waals surface area contributed by atoms with Crippen LogP contribution in [0.25, 0.3) is 0 Å². The first kappa shape index (κ1) is 28.4. The van der Waals surface area contributed by atoms with Crippen LogP contribution in [0.4, 0.5) is 0 Å². The van der Waals surface area contributed by atoms with Gasteiger partial charge < -0.3 is 9.84 Å². The molecule has 0 aromatic rings. The first-order chi connectivity index (χ1) is 14.6. The molecule has 0 heterocycles. The predicted molar refractivity (Wildman–Crippen MR) is 126 cm³/mol. The van der Waals surface area contributed by atoms with Crippen LogP contribution in [-0.4, -0.2) is 23.7 Å². The van der Waals surface area contributed by atoms with E-state index in [1.54, 1.807) is 0 Å². The van der Waals surface area contributed by atoms with Crippen molar-refractivity contribution in [3.63, 3.8) is 0 Å². The summed E-state index contributed by atoms with van der Waals surface area (Å²) < 4.78 is 5.01. The Morgan fingerprint density at radius 2 is 1.13 bits per heavy atom. The molecular weight excluding hydrogens is 376 g/mol. The van der Waals surface area contributed by atoms with E-state index in [4.69, 9.17) is 9.84 Å². The standard InChI is InChI=1S/C26H46O4/c1-3-5-6-7-8-9-10-11-12-13-14-15-16-17-18-19-20-21-24(23-25(27)28)26(29)30-22-4-2/h3-4,24H,1-2,5-23H2,(H,27,28). The second-order valence-corrected chi connectivity index (χ2v) is 8.38. The maximum Gasteiger partial charge on any atom is 0.309 e. The molecule has 0 aromatic heterocycles. The molecule has 0 saturated carbocycles. The van der Waals surface area contributed by atoms with Gasteiger partial charge in [0.2, 0.25) is 0 Å². The Labute approximate surface area is 185 Å². The topological polar surface area (TPSA) is 63.6 Å². The number of unbranched alkanes of at least 4 members (excludes halogenated alkanes) is 15. The van der Waals surface area contributed by atoms with Gasteiger partial charge in [0.15, 0.2) is 0 Å². The zero-order chi connectivity index (χ0) is 22.3. The van der Waals surface area contributed by atoms with Crippen molar-refractivity contribution in [2.75, 3.05) is 6.61 Å². The van der Waals surface area contributed by atoms with E-state index in [1.807, 2.05) is 6.08 Å². The lowest BCUT2D eigenvalue weighted by molar-refractivity contribution is -0.152. The fourth-order valence-corrected chi connectivity index (χ4v) is 3.75. The molecule has 0 aliphatic heterocycles. The van der Waals surface area contributed by atoms with Crippen LogP contribution in [0, 0.1) is 5.92 Å². The number of carbonyl (C=O) groups is 2. The smallest absolute Gasteiger partial charge is 0.309 e. The van der Waals surface area contributed by atoms with Crippen molar-refractivity contribution in [1.82, 2.24) is 0 Å². The SMILES string of the molecule is C=CCCCCCCCCCCCCCCCCCC(CC(=O)O)C(=O)OCC=C. The Balaban J connectivity index is 3.46. The van der Waals surface area contributed by atoms with Gasteiger partial charge in [0.25, 0.3) is 0 Å². The summed E-state index contributed by atoms with van der Waals surface area (Å²) >= 11 is 0. The molecule has 0 bridgehead atoms. The van der Waals surface area contributed by atoms with Crippen molar-refractivity contribution in [3.05, 3.63) is 25.3 Å². The zero-order valence-electron chi connectivity index (χ0n) is 19.3. The normalized spacial score (nSPS) is 11.7. The molecule has 0 aromatic carbocycles. The second kappa shape index (κ2) is 22.1. The first-order valence-corrected chi connectivity index (χ1v) is 12.2. The summed E-state index contributed by atoms with van der Waals surface area (Å²) in [6, 6.07) is 0. The summed E-state index contributed by atoms with van der Waals surface area (Å²) in [7, 11) is 0. The summed E-state index contributed by atoms with van der Waals surface area (Å²) in [5.74, 6) is -1.89. The quantitative estimate of drug-likeness (QED) is 0.104. The Hall–Kier alpha value is -1.58. The van der Waals surface area contributed by atoms with Crippen LogP contribution < -0.4 is 0 Å². The van der Waals surface area contributed by atoms with Crippen LogP contribution in [-0.2, 0) is 14.3 Å². The van der Waals surface area contributed by atoms with Gasteiger partial charge in [-0.05, 0) is 19.3 Å². The summed E-state index contributed by atoms with van der Waals surface area (Å²) in [5, 5.41) is 8.97. The van der Waals surface area contributed by atoms with Crippen LogP contribution in [0.1, 0.15) is 116 Å². The monoisotopic (exact) mass is 422 g/mol. The number of carbonyl (C=O) groups excluding carboxylic acids is 1. The van der Waals surface area contributed by atoms with Gasteiger partial charge in [-0.2, -0.15) is 0 Å². The minimum absolute atomic E-state index is 0.144. The molecule has 1 atom stereocenters. The van der Waals surface area contributed by atoms with Crippen LogP contribution in [0.5, 0.6) is 0 Å². The third-order valence-corrected chi connectivity index (χ3v) is 5.56. The van der Waals surface area contributed by atoms with Crippen molar-refractivity contribution in [2.24, 2.45) is 5.92 Å². The highest BCUT2D eigenvalue weighted by Crippen LogP contribution is 2.18. The minimum atomic E-state index is -0.945. The molecule has 1 N–H and O–H groups in total. The van der Waals surface area contributed by atoms with E-state index in [0.717, 1.165) is 25.7 Å². The number of aliphatic carboxylic acids is 1. The third kappa shape index (κ3) is 19.7. The lowest BCUT2D eigenvalue weighted by Crippen LogP contribution is -2.21. The third-order valence-electron chi connectivity index (χ3n) is 5.56. The Morgan fingerprint density at radius 3 is 1.53 bits per heavy atom. The predicted octanol–water partition coefficient (Wildman–Crippen LogP) is 7.62. The van der Waals surface area contributed by atoms with Crippen LogP contribution in [0.2, 0.25) is 0 Å². The number of esters is 1. The average Bonchev–Trinajstić information content (AvgIpc) is 2.73. The van der Waals surface area contributed by atoms with Crippen LogP contribution in [0.3, 0.4) is 0 Å². The number of allylic oxidation sites excluding steroid dienone is 1. The summed E-state index contributed by atoms with van der Waals surface area (Å²) in [6.07, 6.45) is 24.3. The molecule has 4 nitrogen and oxygen atoms in total. The molecule has 0 fully saturated rings. The van der Waals surface area contributed by atoms with E-state index >= 15 is 0 Å². The molecule has 4 heteroatoms. The lowest BCUT2D eigenvalue weighted by Gasteiger charge is -2.13. The van der Waals surface area contributed by atoms with Crippen molar-refractivity contribution in [1.29, 1.82) is 0 Å². The molecule has 1 unspecified atom stereocenters. The Bertz CT molecular complexity index is 444. The maximum atomic E-state index is 11.9. The zero-order valence-corrected chi connectivity index (χ0v) is 19.3. The van der Waals surface area contributed by atoms with Crippen molar-refractivity contribution in [3.8, 4) is 0 Å². The average molecular weight is 423 g/mol. The van der Waals surface area contributed by atoms with Crippen molar-refractivity contribution < 1.29 is 19.4 Å². The van der Waals surface area contributed by atoms with Crippen molar-refractivity contribution in [2.45, 2.75) is 116 Å². The maximum absolute atomic E-state index is 11.9. The largest absolute Gasteiger partial charge is 0.481 e. The van der Waals surface area contributed by atoms with Crippen LogP contribution >= 0.6 is 0 Å². The number of hydrogen-bond donors (Lipinski definition) is 1. The summed E-state index contributed by atoms with van der Waals surface area (Å²) in [4.78, 5) is 22.8. The molecule has 174 valence electrons. The van der Waals surface area contributed by atoms with E-state index < -0.39 is 17.9 Å². The molecule has 0 rings (SSSR count). The molecule has 0 aliphatic rings. The van der Waals surface area contributed by atoms with E-state index in [-0.39, 0.29) is 13.0 Å². The number of carboxylic acid groups (broad SMARTS) is 1. The van der Waals surface area contributed by atoms with E-state index in [1.165, 1.54) is 83.1 Å². The van der Waals surface area contributed by atoms with E-state index in [9.17, 15) is 9.59 Å². The number of rotatable bonds is 23. The number of hydrogen-bond acceptors (Lipinski definition) is 3. The summed E-state index contributed by atoms with van der Waals surface area (Å²) in [6.45, 7) is 7.41. The number of carboxylic acids is 1. The van der Waals surface area contributed by atoms with Gasteiger partial charge in [-0.25, -0.2) is 0 Å². The van der Waals surface area contributed by atoms with Gasteiger partial charge in [-0.3, -0.25) is 9.59 Å². The number of ether oxygens (including phenoxy) is 1.